The molecule has 1 amide bonds. The minimum atomic E-state index is -0.835. The molecule has 0 radical (unpaired) electrons. The zero-order valence-electron chi connectivity index (χ0n) is 16.1. The molecule has 1 saturated heterocycles. The van der Waals surface area contributed by atoms with Crippen LogP contribution < -0.4 is 14.4 Å². The van der Waals surface area contributed by atoms with Crippen molar-refractivity contribution in [2.24, 2.45) is 0 Å². The summed E-state index contributed by atoms with van der Waals surface area (Å²) in [7, 11) is 0. The number of Topliss-reactive ketones (excluding diaryl/α,β-unsaturated/α-hetero) is 1. The number of amides is 1. The fourth-order valence-electron chi connectivity index (χ4n) is 3.85. The molecule has 7 heteroatoms. The third-order valence-electron chi connectivity index (χ3n) is 5.31. The molecular formula is C24H16ClNO5. The van der Waals surface area contributed by atoms with Crippen molar-refractivity contribution in [3.8, 4) is 11.5 Å². The smallest absolute Gasteiger partial charge is 0.300 e. The van der Waals surface area contributed by atoms with Crippen LogP contribution in [0.15, 0.2) is 78.4 Å². The van der Waals surface area contributed by atoms with Crippen LogP contribution in [0.25, 0.3) is 5.76 Å². The van der Waals surface area contributed by atoms with Gasteiger partial charge in [-0.25, -0.2) is 0 Å². The SMILES string of the molecule is O=C1C(=O)N(c2ccc3c(c2)OCO3)C(c2ccc(Cl)cc2)/C1=C(\O)c1ccccc1. The van der Waals surface area contributed by atoms with E-state index in [4.69, 9.17) is 21.1 Å². The number of fused-ring (bicyclic) bond motifs is 1. The summed E-state index contributed by atoms with van der Waals surface area (Å²) in [5.74, 6) is -0.692. The summed E-state index contributed by atoms with van der Waals surface area (Å²) in [6.45, 7) is 0.0895. The van der Waals surface area contributed by atoms with E-state index in [2.05, 4.69) is 0 Å². The summed E-state index contributed by atoms with van der Waals surface area (Å²) in [5, 5.41) is 11.5. The summed E-state index contributed by atoms with van der Waals surface area (Å²) in [4.78, 5) is 27.6. The van der Waals surface area contributed by atoms with Crippen molar-refractivity contribution in [2.75, 3.05) is 11.7 Å². The zero-order chi connectivity index (χ0) is 21.5. The molecule has 1 N–H and O–H groups in total. The lowest BCUT2D eigenvalue weighted by molar-refractivity contribution is -0.132. The van der Waals surface area contributed by atoms with Crippen molar-refractivity contribution in [1.82, 2.24) is 0 Å². The first-order chi connectivity index (χ1) is 15.0. The van der Waals surface area contributed by atoms with Crippen molar-refractivity contribution < 1.29 is 24.2 Å². The Morgan fingerprint density at radius 3 is 2.39 bits per heavy atom. The minimum absolute atomic E-state index is 0.0104. The number of hydrogen-bond donors (Lipinski definition) is 1. The second-order valence-corrected chi connectivity index (χ2v) is 7.56. The number of nitrogens with zero attached hydrogens (tertiary/aromatic N) is 1. The molecule has 3 aromatic carbocycles. The van der Waals surface area contributed by atoms with E-state index in [9.17, 15) is 14.7 Å². The number of anilines is 1. The molecule has 31 heavy (non-hydrogen) atoms. The Morgan fingerprint density at radius 2 is 1.65 bits per heavy atom. The summed E-state index contributed by atoms with van der Waals surface area (Å²) in [6.07, 6.45) is 0. The van der Waals surface area contributed by atoms with Gasteiger partial charge in [0.15, 0.2) is 11.5 Å². The third-order valence-corrected chi connectivity index (χ3v) is 5.56. The van der Waals surface area contributed by atoms with Crippen LogP contribution in [0.5, 0.6) is 11.5 Å². The predicted molar refractivity (Wildman–Crippen MR) is 115 cm³/mol. The van der Waals surface area contributed by atoms with Gasteiger partial charge in [0.1, 0.15) is 5.76 Å². The van der Waals surface area contributed by atoms with E-state index >= 15 is 0 Å². The Bertz CT molecular complexity index is 1220. The number of ketones is 1. The first-order valence-corrected chi connectivity index (χ1v) is 9.94. The van der Waals surface area contributed by atoms with Crippen LogP contribution in [0.3, 0.4) is 0 Å². The molecule has 1 fully saturated rings. The Morgan fingerprint density at radius 1 is 0.935 bits per heavy atom. The highest BCUT2D eigenvalue weighted by Crippen LogP contribution is 2.44. The lowest BCUT2D eigenvalue weighted by Gasteiger charge is -2.25. The number of benzene rings is 3. The summed E-state index contributed by atoms with van der Waals surface area (Å²) >= 11 is 6.05. The van der Waals surface area contributed by atoms with Gasteiger partial charge in [0.2, 0.25) is 6.79 Å². The molecule has 2 heterocycles. The van der Waals surface area contributed by atoms with Gasteiger partial charge in [-0.05, 0) is 29.8 Å². The Balaban J connectivity index is 1.71. The van der Waals surface area contributed by atoms with Crippen LogP contribution in [0.1, 0.15) is 17.2 Å². The first kappa shape index (κ1) is 19.2. The largest absolute Gasteiger partial charge is 0.507 e. The van der Waals surface area contributed by atoms with E-state index in [0.29, 0.717) is 33.3 Å². The van der Waals surface area contributed by atoms with Gasteiger partial charge < -0.3 is 14.6 Å². The molecule has 6 nitrogen and oxygen atoms in total. The van der Waals surface area contributed by atoms with Crippen LogP contribution in [-0.4, -0.2) is 23.6 Å². The molecule has 0 aromatic heterocycles. The number of rotatable bonds is 3. The Labute approximate surface area is 182 Å². The van der Waals surface area contributed by atoms with Gasteiger partial charge in [-0.3, -0.25) is 14.5 Å². The van der Waals surface area contributed by atoms with E-state index in [-0.39, 0.29) is 18.1 Å². The van der Waals surface area contributed by atoms with Crippen molar-refractivity contribution in [2.45, 2.75) is 6.04 Å². The molecular weight excluding hydrogens is 418 g/mol. The van der Waals surface area contributed by atoms with Crippen LogP contribution in [-0.2, 0) is 9.59 Å². The predicted octanol–water partition coefficient (Wildman–Crippen LogP) is 4.70. The molecule has 1 atom stereocenters. The second-order valence-electron chi connectivity index (χ2n) is 7.12. The fraction of sp³-hybridized carbons (Fsp3) is 0.0833. The lowest BCUT2D eigenvalue weighted by atomic mass is 9.95. The number of halogens is 1. The molecule has 2 aliphatic rings. The van der Waals surface area contributed by atoms with E-state index in [1.807, 2.05) is 0 Å². The maximum absolute atomic E-state index is 13.1. The van der Waals surface area contributed by atoms with Crippen LogP contribution >= 0.6 is 11.6 Å². The lowest BCUT2D eigenvalue weighted by Crippen LogP contribution is -2.29. The average molecular weight is 434 g/mol. The van der Waals surface area contributed by atoms with Crippen LogP contribution in [0.2, 0.25) is 5.02 Å². The summed E-state index contributed by atoms with van der Waals surface area (Å²) in [6, 6.07) is 19.7. The van der Waals surface area contributed by atoms with E-state index in [1.54, 1.807) is 72.8 Å². The number of carbonyl (C=O) groups is 2. The minimum Gasteiger partial charge on any atom is -0.507 e. The standard InChI is InChI=1S/C24H16ClNO5/c25-16-8-6-14(7-9-16)21-20(22(27)15-4-2-1-3-5-15)23(28)24(29)26(21)17-10-11-18-19(12-17)31-13-30-18/h1-12,21,27H,13H2/b22-20+. The summed E-state index contributed by atoms with van der Waals surface area (Å²) in [5.41, 5.74) is 1.55. The van der Waals surface area contributed by atoms with Crippen LogP contribution in [0.4, 0.5) is 5.69 Å². The number of aliphatic hydroxyl groups is 1. The van der Waals surface area contributed by atoms with Gasteiger partial charge in [0.05, 0.1) is 11.6 Å². The highest BCUT2D eigenvalue weighted by atomic mass is 35.5. The monoisotopic (exact) mass is 433 g/mol. The highest BCUT2D eigenvalue weighted by Gasteiger charge is 2.47. The topological polar surface area (TPSA) is 76.1 Å². The number of hydrogen-bond acceptors (Lipinski definition) is 5. The first-order valence-electron chi connectivity index (χ1n) is 9.56. The molecule has 2 aliphatic heterocycles. The van der Waals surface area contributed by atoms with Gasteiger partial charge in [-0.2, -0.15) is 0 Å². The van der Waals surface area contributed by atoms with Crippen molar-refractivity contribution in [3.05, 3.63) is 94.5 Å². The molecule has 0 bridgehead atoms. The zero-order valence-corrected chi connectivity index (χ0v) is 16.9. The molecule has 154 valence electrons. The number of ether oxygens (including phenoxy) is 2. The van der Waals surface area contributed by atoms with Crippen molar-refractivity contribution >= 4 is 34.7 Å². The van der Waals surface area contributed by atoms with Gasteiger partial charge >= 0.3 is 0 Å². The molecule has 3 aromatic rings. The molecule has 0 spiro atoms. The normalized spacial score (nSPS) is 19.1. The fourth-order valence-corrected chi connectivity index (χ4v) is 3.97. The number of carbonyl (C=O) groups excluding carboxylic acids is 2. The number of aliphatic hydroxyl groups excluding tert-OH is 1. The molecule has 0 saturated carbocycles. The Kier molecular flexibility index (Phi) is 4.64. The Hall–Kier alpha value is -3.77. The van der Waals surface area contributed by atoms with Gasteiger partial charge in [-0.15, -0.1) is 0 Å². The maximum Gasteiger partial charge on any atom is 0.300 e. The van der Waals surface area contributed by atoms with Crippen molar-refractivity contribution in [1.29, 1.82) is 0 Å². The molecule has 0 aliphatic carbocycles. The third kappa shape index (κ3) is 3.21. The van der Waals surface area contributed by atoms with Crippen LogP contribution in [0, 0.1) is 0 Å². The quantitative estimate of drug-likeness (QED) is 0.368. The second kappa shape index (κ2) is 7.49. The maximum atomic E-state index is 13.1. The van der Waals surface area contributed by atoms with Gasteiger partial charge in [0.25, 0.3) is 11.7 Å². The summed E-state index contributed by atoms with van der Waals surface area (Å²) < 4.78 is 10.8. The van der Waals surface area contributed by atoms with Gasteiger partial charge in [0, 0.05) is 22.3 Å². The van der Waals surface area contributed by atoms with E-state index in [1.165, 1.54) is 4.90 Å². The average Bonchev–Trinajstić information content (AvgIpc) is 3.36. The molecule has 5 rings (SSSR count). The van der Waals surface area contributed by atoms with Gasteiger partial charge in [-0.1, -0.05) is 54.1 Å². The van der Waals surface area contributed by atoms with Crippen molar-refractivity contribution in [3.63, 3.8) is 0 Å². The highest BCUT2D eigenvalue weighted by molar-refractivity contribution is 6.51. The van der Waals surface area contributed by atoms with E-state index < -0.39 is 17.7 Å². The molecule has 1 unspecified atom stereocenters. The van der Waals surface area contributed by atoms with E-state index in [0.717, 1.165) is 0 Å².